The van der Waals surface area contributed by atoms with Crippen molar-refractivity contribution >= 4 is 17.9 Å². The van der Waals surface area contributed by atoms with Crippen LogP contribution in [-0.2, 0) is 4.79 Å². The zero-order valence-electron chi connectivity index (χ0n) is 9.20. The van der Waals surface area contributed by atoms with E-state index in [2.05, 4.69) is 5.32 Å². The van der Waals surface area contributed by atoms with Crippen molar-refractivity contribution < 1.29 is 9.59 Å². The number of carbonyl (C=O) groups excluding carboxylic acids is 2. The van der Waals surface area contributed by atoms with Gasteiger partial charge < -0.3 is 5.32 Å². The van der Waals surface area contributed by atoms with Crippen LogP contribution in [0.4, 0.5) is 5.69 Å². The van der Waals surface area contributed by atoms with E-state index < -0.39 is 5.41 Å². The van der Waals surface area contributed by atoms with Gasteiger partial charge in [-0.1, -0.05) is 32.9 Å². The van der Waals surface area contributed by atoms with Gasteiger partial charge in [-0.3, -0.25) is 9.59 Å². The Kier molecular flexibility index (Phi) is 3.24. The summed E-state index contributed by atoms with van der Waals surface area (Å²) >= 11 is 0. The molecule has 1 amide bonds. The minimum absolute atomic E-state index is 0.0643. The molecule has 80 valence electrons. The Morgan fingerprint density at radius 1 is 1.33 bits per heavy atom. The molecule has 0 bridgehead atoms. The van der Waals surface area contributed by atoms with Crippen molar-refractivity contribution in [2.75, 3.05) is 5.32 Å². The number of carbonyl (C=O) groups is 2. The van der Waals surface area contributed by atoms with E-state index >= 15 is 0 Å². The van der Waals surface area contributed by atoms with Crippen molar-refractivity contribution in [1.82, 2.24) is 0 Å². The first-order valence-corrected chi connectivity index (χ1v) is 4.80. The molecule has 0 aromatic heterocycles. The van der Waals surface area contributed by atoms with Gasteiger partial charge in [-0.25, -0.2) is 0 Å². The van der Waals surface area contributed by atoms with Crippen LogP contribution in [0.3, 0.4) is 0 Å². The van der Waals surface area contributed by atoms with Gasteiger partial charge in [0, 0.05) is 16.7 Å². The second-order valence-electron chi connectivity index (χ2n) is 4.45. The molecule has 15 heavy (non-hydrogen) atoms. The zero-order chi connectivity index (χ0) is 11.5. The number of benzene rings is 1. The molecule has 3 nitrogen and oxygen atoms in total. The van der Waals surface area contributed by atoms with Gasteiger partial charge in [-0.15, -0.1) is 0 Å². The van der Waals surface area contributed by atoms with Gasteiger partial charge in [-0.2, -0.15) is 0 Å². The first-order valence-electron chi connectivity index (χ1n) is 4.80. The molecule has 0 radical (unpaired) electrons. The topological polar surface area (TPSA) is 46.2 Å². The summed E-state index contributed by atoms with van der Waals surface area (Å²) < 4.78 is 0. The maximum Gasteiger partial charge on any atom is 0.229 e. The van der Waals surface area contributed by atoms with E-state index in [1.807, 2.05) is 20.8 Å². The average molecular weight is 205 g/mol. The summed E-state index contributed by atoms with van der Waals surface area (Å²) in [6.45, 7) is 5.52. The lowest BCUT2D eigenvalue weighted by molar-refractivity contribution is -0.123. The molecule has 0 saturated carbocycles. The molecule has 1 aromatic rings. The van der Waals surface area contributed by atoms with E-state index in [-0.39, 0.29) is 5.91 Å². The number of aldehydes is 1. The molecule has 0 spiro atoms. The normalized spacial score (nSPS) is 10.9. The van der Waals surface area contributed by atoms with Crippen LogP contribution in [0.5, 0.6) is 0 Å². The summed E-state index contributed by atoms with van der Waals surface area (Å²) in [4.78, 5) is 22.2. The van der Waals surface area contributed by atoms with Gasteiger partial charge >= 0.3 is 0 Å². The molecule has 1 rings (SSSR count). The van der Waals surface area contributed by atoms with Gasteiger partial charge in [0.2, 0.25) is 5.91 Å². The molecule has 0 aliphatic heterocycles. The Hall–Kier alpha value is -1.64. The minimum Gasteiger partial charge on any atom is -0.326 e. The number of amides is 1. The van der Waals surface area contributed by atoms with Gasteiger partial charge in [-0.05, 0) is 12.1 Å². The van der Waals surface area contributed by atoms with E-state index in [0.717, 1.165) is 6.29 Å². The predicted octanol–water partition coefficient (Wildman–Crippen LogP) is 2.48. The molecule has 0 aliphatic carbocycles. The maximum absolute atomic E-state index is 11.6. The molecule has 0 aliphatic rings. The number of hydrogen-bond donors (Lipinski definition) is 1. The lowest BCUT2D eigenvalue weighted by Crippen LogP contribution is -2.27. The van der Waals surface area contributed by atoms with E-state index in [1.165, 1.54) is 0 Å². The number of anilines is 1. The van der Waals surface area contributed by atoms with E-state index in [4.69, 9.17) is 0 Å². The highest BCUT2D eigenvalue weighted by Gasteiger charge is 2.20. The van der Waals surface area contributed by atoms with E-state index in [0.29, 0.717) is 11.3 Å². The number of rotatable bonds is 2. The summed E-state index contributed by atoms with van der Waals surface area (Å²) in [7, 11) is 0. The lowest BCUT2D eigenvalue weighted by atomic mass is 9.95. The smallest absolute Gasteiger partial charge is 0.229 e. The highest BCUT2D eigenvalue weighted by atomic mass is 16.2. The number of hydrogen-bond acceptors (Lipinski definition) is 2. The van der Waals surface area contributed by atoms with Crippen molar-refractivity contribution in [2.45, 2.75) is 20.8 Å². The first kappa shape index (κ1) is 11.4. The predicted molar refractivity (Wildman–Crippen MR) is 59.9 cm³/mol. The minimum atomic E-state index is -0.433. The van der Waals surface area contributed by atoms with Crippen LogP contribution in [-0.4, -0.2) is 12.2 Å². The standard InChI is InChI=1S/C12H15NO2/c1-12(2,3)11(15)13-10-6-4-5-9(7-10)8-14/h4-8H,1-3H3,(H,13,15). The fraction of sp³-hybridized carbons (Fsp3) is 0.333. The van der Waals surface area contributed by atoms with Gasteiger partial charge in [0.25, 0.3) is 0 Å². The summed E-state index contributed by atoms with van der Waals surface area (Å²) in [5.74, 6) is -0.0643. The first-order chi connectivity index (χ1) is 6.93. The van der Waals surface area contributed by atoms with Crippen LogP contribution in [0.2, 0.25) is 0 Å². The van der Waals surface area contributed by atoms with Crippen LogP contribution >= 0.6 is 0 Å². The van der Waals surface area contributed by atoms with Crippen molar-refractivity contribution in [3.05, 3.63) is 29.8 Å². The average Bonchev–Trinajstić information content (AvgIpc) is 2.16. The van der Waals surface area contributed by atoms with Crippen LogP contribution in [0, 0.1) is 5.41 Å². The molecule has 0 fully saturated rings. The molecule has 1 aromatic carbocycles. The van der Waals surface area contributed by atoms with Gasteiger partial charge in [0.1, 0.15) is 6.29 Å². The zero-order valence-corrected chi connectivity index (χ0v) is 9.20. The van der Waals surface area contributed by atoms with Crippen LogP contribution in [0.25, 0.3) is 0 Å². The second kappa shape index (κ2) is 4.26. The summed E-state index contributed by atoms with van der Waals surface area (Å²) in [6.07, 6.45) is 0.757. The summed E-state index contributed by atoms with van der Waals surface area (Å²) in [5, 5.41) is 2.76. The van der Waals surface area contributed by atoms with Crippen LogP contribution in [0.15, 0.2) is 24.3 Å². The fourth-order valence-corrected chi connectivity index (χ4v) is 1.01. The van der Waals surface area contributed by atoms with Gasteiger partial charge in [0.15, 0.2) is 0 Å². The van der Waals surface area contributed by atoms with Crippen molar-refractivity contribution in [3.63, 3.8) is 0 Å². The van der Waals surface area contributed by atoms with Crippen LogP contribution < -0.4 is 5.32 Å². The molecule has 1 N–H and O–H groups in total. The quantitative estimate of drug-likeness (QED) is 0.754. The van der Waals surface area contributed by atoms with E-state index in [9.17, 15) is 9.59 Å². The summed E-state index contributed by atoms with van der Waals surface area (Å²) in [5.41, 5.74) is 0.776. The largest absolute Gasteiger partial charge is 0.326 e. The molecular formula is C12H15NO2. The highest BCUT2D eigenvalue weighted by Crippen LogP contribution is 2.17. The van der Waals surface area contributed by atoms with Crippen molar-refractivity contribution in [1.29, 1.82) is 0 Å². The lowest BCUT2D eigenvalue weighted by Gasteiger charge is -2.17. The van der Waals surface area contributed by atoms with Crippen molar-refractivity contribution in [3.8, 4) is 0 Å². The van der Waals surface area contributed by atoms with E-state index in [1.54, 1.807) is 24.3 Å². The third-order valence-corrected chi connectivity index (χ3v) is 1.96. The Balaban J connectivity index is 2.81. The fourth-order valence-electron chi connectivity index (χ4n) is 1.01. The third kappa shape index (κ3) is 3.20. The Morgan fingerprint density at radius 2 is 2.00 bits per heavy atom. The Bertz CT molecular complexity index is 377. The Morgan fingerprint density at radius 3 is 2.53 bits per heavy atom. The Labute approximate surface area is 89.5 Å². The highest BCUT2D eigenvalue weighted by molar-refractivity contribution is 5.95. The molecule has 0 saturated heterocycles. The van der Waals surface area contributed by atoms with Crippen molar-refractivity contribution in [2.24, 2.45) is 5.41 Å². The third-order valence-electron chi connectivity index (χ3n) is 1.96. The summed E-state index contributed by atoms with van der Waals surface area (Å²) in [6, 6.07) is 6.84. The molecule has 0 unspecified atom stereocenters. The molecule has 3 heteroatoms. The van der Waals surface area contributed by atoms with Crippen LogP contribution in [0.1, 0.15) is 31.1 Å². The second-order valence-corrected chi connectivity index (χ2v) is 4.45. The molecule has 0 atom stereocenters. The molecular weight excluding hydrogens is 190 g/mol. The monoisotopic (exact) mass is 205 g/mol. The van der Waals surface area contributed by atoms with Gasteiger partial charge in [0.05, 0.1) is 0 Å². The SMILES string of the molecule is CC(C)(C)C(=O)Nc1cccc(C=O)c1. The number of nitrogens with one attached hydrogen (secondary N) is 1. The maximum atomic E-state index is 11.6. The molecule has 0 heterocycles.